The van der Waals surface area contributed by atoms with Gasteiger partial charge in [0.2, 0.25) is 5.91 Å². The molecule has 29 heavy (non-hydrogen) atoms. The summed E-state index contributed by atoms with van der Waals surface area (Å²) >= 11 is 1.10. The Kier molecular flexibility index (Phi) is 5.87. The van der Waals surface area contributed by atoms with Crippen LogP contribution in [-0.2, 0) is 4.79 Å². The van der Waals surface area contributed by atoms with Crippen molar-refractivity contribution in [2.24, 2.45) is 0 Å². The average Bonchev–Trinajstić information content (AvgIpc) is 3.16. The number of nitro groups is 1. The highest BCUT2D eigenvalue weighted by Crippen LogP contribution is 2.30. The summed E-state index contributed by atoms with van der Waals surface area (Å²) in [5, 5.41) is 15.9. The molecule has 2 aromatic rings. The molecule has 1 aromatic carbocycles. The van der Waals surface area contributed by atoms with Crippen LogP contribution in [0.1, 0.15) is 34.7 Å². The lowest BCUT2D eigenvalue weighted by molar-refractivity contribution is -0.384. The summed E-state index contributed by atoms with van der Waals surface area (Å²) in [4.78, 5) is 53.8. The molecule has 0 atom stereocenters. The highest BCUT2D eigenvalue weighted by Gasteiger charge is 2.26. The van der Waals surface area contributed by atoms with Crippen LogP contribution in [-0.4, -0.2) is 58.6 Å². The molecule has 1 N–H and O–H groups in total. The highest BCUT2D eigenvalue weighted by molar-refractivity contribution is 7.14. The number of piperazine rings is 1. The monoisotopic (exact) mass is 417 g/mol. The first-order valence-corrected chi connectivity index (χ1v) is 9.71. The number of rotatable bonds is 5. The molecule has 3 rings (SSSR count). The third-order valence-electron chi connectivity index (χ3n) is 4.59. The van der Waals surface area contributed by atoms with E-state index in [1.165, 1.54) is 31.4 Å². The first kappa shape index (κ1) is 20.4. The van der Waals surface area contributed by atoms with Crippen molar-refractivity contribution in [3.05, 3.63) is 45.0 Å². The zero-order valence-electron chi connectivity index (χ0n) is 15.9. The van der Waals surface area contributed by atoms with Gasteiger partial charge in [0, 0.05) is 57.0 Å². The van der Waals surface area contributed by atoms with Gasteiger partial charge < -0.3 is 9.80 Å². The minimum absolute atomic E-state index is 0.0266. The number of Topliss-reactive ketones (excluding diaryl/α,β-unsaturated/α-hetero) is 1. The fourth-order valence-corrected chi connectivity index (χ4v) is 3.75. The Morgan fingerprint density at radius 1 is 1.17 bits per heavy atom. The Morgan fingerprint density at radius 2 is 1.86 bits per heavy atom. The number of nitrogens with one attached hydrogen (secondary N) is 1. The molecule has 152 valence electrons. The Hall–Kier alpha value is -3.34. The van der Waals surface area contributed by atoms with E-state index in [0.717, 1.165) is 11.3 Å². The lowest BCUT2D eigenvalue weighted by atomic mass is 10.1. The van der Waals surface area contributed by atoms with Gasteiger partial charge in [-0.1, -0.05) is 0 Å². The summed E-state index contributed by atoms with van der Waals surface area (Å²) in [7, 11) is 0. The topological polar surface area (TPSA) is 126 Å². The predicted molar refractivity (Wildman–Crippen MR) is 108 cm³/mol. The highest BCUT2D eigenvalue weighted by atomic mass is 32.1. The minimum Gasteiger partial charge on any atom is -0.362 e. The smallest absolute Gasteiger partial charge is 0.293 e. The number of amides is 2. The van der Waals surface area contributed by atoms with Crippen LogP contribution in [0.3, 0.4) is 0 Å². The molecule has 2 heterocycles. The van der Waals surface area contributed by atoms with E-state index in [1.807, 2.05) is 4.90 Å². The molecule has 0 radical (unpaired) electrons. The summed E-state index contributed by atoms with van der Waals surface area (Å²) in [5.41, 5.74) is 0.582. The fourth-order valence-electron chi connectivity index (χ4n) is 3.00. The number of nitro benzene ring substituents is 1. The summed E-state index contributed by atoms with van der Waals surface area (Å²) in [6.07, 6.45) is 0. The molecule has 11 heteroatoms. The normalized spacial score (nSPS) is 13.9. The molecular formula is C18H19N5O5S. The minimum atomic E-state index is -0.550. The van der Waals surface area contributed by atoms with Crippen LogP contribution in [0.2, 0.25) is 0 Å². The number of carbonyl (C=O) groups excluding carboxylic acids is 3. The van der Waals surface area contributed by atoms with E-state index in [0.29, 0.717) is 31.9 Å². The maximum atomic E-state index is 12.5. The van der Waals surface area contributed by atoms with Crippen molar-refractivity contribution in [1.29, 1.82) is 0 Å². The third kappa shape index (κ3) is 4.57. The molecule has 1 aromatic heterocycles. The number of ketones is 1. The molecule has 0 aliphatic carbocycles. The van der Waals surface area contributed by atoms with Gasteiger partial charge in [-0.2, -0.15) is 0 Å². The number of nitrogens with zero attached hydrogens (tertiary/aromatic N) is 4. The third-order valence-corrected chi connectivity index (χ3v) is 5.34. The number of hydrogen-bond donors (Lipinski definition) is 1. The predicted octanol–water partition coefficient (Wildman–Crippen LogP) is 2.17. The first-order valence-electron chi connectivity index (χ1n) is 8.83. The van der Waals surface area contributed by atoms with Crippen LogP contribution >= 0.6 is 11.3 Å². The van der Waals surface area contributed by atoms with E-state index in [4.69, 9.17) is 0 Å². The molecule has 10 nitrogen and oxygen atoms in total. The molecule has 0 spiro atoms. The molecule has 1 aliphatic heterocycles. The summed E-state index contributed by atoms with van der Waals surface area (Å²) in [5.74, 6) is -0.793. The maximum absolute atomic E-state index is 12.5. The van der Waals surface area contributed by atoms with E-state index in [2.05, 4.69) is 10.3 Å². The van der Waals surface area contributed by atoms with Gasteiger partial charge in [0.05, 0.1) is 4.92 Å². The Bertz CT molecular complexity index is 981. The van der Waals surface area contributed by atoms with Gasteiger partial charge in [-0.3, -0.25) is 29.8 Å². The lowest BCUT2D eigenvalue weighted by Crippen LogP contribution is -2.48. The van der Waals surface area contributed by atoms with E-state index < -0.39 is 10.8 Å². The van der Waals surface area contributed by atoms with Crippen LogP contribution in [0.4, 0.5) is 16.5 Å². The Balaban J connectivity index is 1.78. The van der Waals surface area contributed by atoms with Gasteiger partial charge in [0.1, 0.15) is 11.4 Å². The average molecular weight is 417 g/mol. The quantitative estimate of drug-likeness (QED) is 0.449. The zero-order chi connectivity index (χ0) is 21.1. The number of anilines is 2. The summed E-state index contributed by atoms with van der Waals surface area (Å²) in [6, 6.07) is 4.27. The molecule has 2 amide bonds. The number of hydrogen-bond acceptors (Lipinski definition) is 8. The van der Waals surface area contributed by atoms with Crippen molar-refractivity contribution in [2.75, 3.05) is 36.4 Å². The van der Waals surface area contributed by atoms with Gasteiger partial charge >= 0.3 is 0 Å². The fraction of sp³-hybridized carbons (Fsp3) is 0.333. The van der Waals surface area contributed by atoms with Crippen molar-refractivity contribution >= 4 is 45.4 Å². The lowest BCUT2D eigenvalue weighted by Gasteiger charge is -2.35. The molecular weight excluding hydrogens is 398 g/mol. The van der Waals surface area contributed by atoms with Crippen molar-refractivity contribution in [2.45, 2.75) is 13.8 Å². The van der Waals surface area contributed by atoms with Gasteiger partial charge in [0.25, 0.3) is 11.6 Å². The molecule has 1 fully saturated rings. The van der Waals surface area contributed by atoms with E-state index in [1.54, 1.807) is 11.0 Å². The number of carbonyl (C=O) groups is 3. The van der Waals surface area contributed by atoms with Gasteiger partial charge in [0.15, 0.2) is 10.9 Å². The van der Waals surface area contributed by atoms with Crippen LogP contribution in [0.25, 0.3) is 0 Å². The van der Waals surface area contributed by atoms with Crippen molar-refractivity contribution in [3.63, 3.8) is 0 Å². The van der Waals surface area contributed by atoms with Crippen LogP contribution in [0.5, 0.6) is 0 Å². The molecule has 1 saturated heterocycles. The van der Waals surface area contributed by atoms with Gasteiger partial charge in [-0.25, -0.2) is 4.98 Å². The largest absolute Gasteiger partial charge is 0.362 e. The van der Waals surface area contributed by atoms with Crippen molar-refractivity contribution < 1.29 is 19.3 Å². The zero-order valence-corrected chi connectivity index (χ0v) is 16.7. The molecule has 0 unspecified atom stereocenters. The van der Waals surface area contributed by atoms with Gasteiger partial charge in [-0.15, -0.1) is 11.3 Å². The Labute approximate surface area is 170 Å². The second kappa shape index (κ2) is 8.35. The number of thiazole rings is 1. The van der Waals surface area contributed by atoms with E-state index in [9.17, 15) is 24.5 Å². The second-order valence-corrected chi connectivity index (χ2v) is 7.36. The Morgan fingerprint density at radius 3 is 2.41 bits per heavy atom. The standard InChI is InChI=1S/C18H19N5O5S/c1-11(24)14-10-29-18(19-14)20-17(26)13-3-4-15(16(9-13)23(27)28)22-7-5-21(6-8-22)12(2)25/h3-4,9-10H,5-8H2,1-2H3,(H,19,20,26). The summed E-state index contributed by atoms with van der Waals surface area (Å²) in [6.45, 7) is 4.78. The van der Waals surface area contributed by atoms with Crippen LogP contribution in [0, 0.1) is 10.1 Å². The second-order valence-electron chi connectivity index (χ2n) is 6.50. The van der Waals surface area contributed by atoms with Crippen molar-refractivity contribution in [1.82, 2.24) is 9.88 Å². The molecule has 1 aliphatic rings. The summed E-state index contributed by atoms with van der Waals surface area (Å²) < 4.78 is 0. The SMILES string of the molecule is CC(=O)c1csc(NC(=O)c2ccc(N3CCN(C(C)=O)CC3)c([N+](=O)[O-])c2)n1. The maximum Gasteiger partial charge on any atom is 0.293 e. The van der Waals surface area contributed by atoms with Crippen LogP contribution < -0.4 is 10.2 Å². The van der Waals surface area contributed by atoms with Gasteiger partial charge in [-0.05, 0) is 12.1 Å². The molecule has 0 saturated carbocycles. The van der Waals surface area contributed by atoms with E-state index >= 15 is 0 Å². The molecule has 0 bridgehead atoms. The number of aromatic nitrogens is 1. The first-order chi connectivity index (χ1) is 13.8. The number of benzene rings is 1. The van der Waals surface area contributed by atoms with E-state index in [-0.39, 0.29) is 33.8 Å². The van der Waals surface area contributed by atoms with Crippen LogP contribution in [0.15, 0.2) is 23.6 Å². The van der Waals surface area contributed by atoms with Crippen molar-refractivity contribution in [3.8, 4) is 0 Å².